The summed E-state index contributed by atoms with van der Waals surface area (Å²) in [6.07, 6.45) is 16.9. The van der Waals surface area contributed by atoms with Gasteiger partial charge in [0.15, 0.2) is 0 Å². The number of unbranched alkanes of at least 4 members (excludes halogenated alkanes) is 6. The van der Waals surface area contributed by atoms with Gasteiger partial charge in [-0.3, -0.25) is 0 Å². The molecule has 0 aromatic heterocycles. The lowest BCUT2D eigenvalue weighted by Crippen LogP contribution is -2.44. The highest BCUT2D eigenvalue weighted by Gasteiger charge is 2.47. The van der Waals surface area contributed by atoms with Crippen LogP contribution in [-0.2, 0) is 0 Å². The zero-order chi connectivity index (χ0) is 12.1. The summed E-state index contributed by atoms with van der Waals surface area (Å²) in [5.74, 6) is 1.88. The van der Waals surface area contributed by atoms with Gasteiger partial charge in [-0.2, -0.15) is 0 Å². The van der Waals surface area contributed by atoms with Crippen LogP contribution in [0.5, 0.6) is 0 Å². The molecule has 0 amide bonds. The molecule has 17 heavy (non-hydrogen) atoms. The maximum Gasteiger partial charge on any atom is 0.0185 e. The Morgan fingerprint density at radius 1 is 1.00 bits per heavy atom. The third kappa shape index (κ3) is 3.47. The van der Waals surface area contributed by atoms with Gasteiger partial charge < -0.3 is 5.73 Å². The average Bonchev–Trinajstić information content (AvgIpc) is 2.88. The van der Waals surface area contributed by atoms with Gasteiger partial charge in [0.25, 0.3) is 0 Å². The fraction of sp³-hybridized carbons (Fsp3) is 1.00. The van der Waals surface area contributed by atoms with E-state index in [4.69, 9.17) is 5.73 Å². The van der Waals surface area contributed by atoms with Crippen LogP contribution < -0.4 is 5.73 Å². The van der Waals surface area contributed by atoms with E-state index < -0.39 is 0 Å². The largest absolute Gasteiger partial charge is 0.325 e. The molecule has 0 aliphatic heterocycles. The molecule has 0 radical (unpaired) electrons. The van der Waals surface area contributed by atoms with E-state index in [1.165, 1.54) is 77.0 Å². The maximum atomic E-state index is 6.61. The molecule has 2 N–H and O–H groups in total. The van der Waals surface area contributed by atoms with E-state index in [1.54, 1.807) is 0 Å². The van der Waals surface area contributed by atoms with E-state index >= 15 is 0 Å². The van der Waals surface area contributed by atoms with Crippen LogP contribution in [0.4, 0.5) is 0 Å². The number of hydrogen-bond acceptors (Lipinski definition) is 1. The molecule has 1 heteroatoms. The molecule has 2 rings (SSSR count). The predicted octanol–water partition coefficient (Wildman–Crippen LogP) is 4.64. The second-order valence-electron chi connectivity index (χ2n) is 6.68. The number of rotatable bonds is 8. The fourth-order valence-corrected chi connectivity index (χ4v) is 4.20. The Morgan fingerprint density at radius 3 is 2.29 bits per heavy atom. The molecule has 1 nitrogen and oxygen atoms in total. The van der Waals surface area contributed by atoms with Crippen LogP contribution in [0.1, 0.15) is 84.0 Å². The van der Waals surface area contributed by atoms with Gasteiger partial charge in [0.1, 0.15) is 0 Å². The summed E-state index contributed by atoms with van der Waals surface area (Å²) in [6.45, 7) is 2.29. The van der Waals surface area contributed by atoms with Gasteiger partial charge in [0, 0.05) is 5.54 Å². The molecular formula is C16H31N. The Labute approximate surface area is 108 Å². The van der Waals surface area contributed by atoms with E-state index in [-0.39, 0.29) is 5.54 Å². The second kappa shape index (κ2) is 6.22. The first-order valence-electron chi connectivity index (χ1n) is 8.03. The van der Waals surface area contributed by atoms with Gasteiger partial charge >= 0.3 is 0 Å². The molecule has 2 aliphatic carbocycles. The van der Waals surface area contributed by atoms with Crippen molar-refractivity contribution in [3.05, 3.63) is 0 Å². The Morgan fingerprint density at radius 2 is 1.71 bits per heavy atom. The zero-order valence-corrected chi connectivity index (χ0v) is 11.7. The van der Waals surface area contributed by atoms with Gasteiger partial charge in [0.2, 0.25) is 0 Å². The monoisotopic (exact) mass is 237 g/mol. The van der Waals surface area contributed by atoms with Crippen molar-refractivity contribution in [2.45, 2.75) is 89.5 Å². The Kier molecular flexibility index (Phi) is 4.90. The topological polar surface area (TPSA) is 26.0 Å². The van der Waals surface area contributed by atoms with E-state index in [0.29, 0.717) is 0 Å². The van der Waals surface area contributed by atoms with E-state index in [1.807, 2.05) is 0 Å². The Balaban J connectivity index is 1.53. The summed E-state index contributed by atoms with van der Waals surface area (Å²) in [5, 5.41) is 0. The third-order valence-electron chi connectivity index (χ3n) is 5.27. The van der Waals surface area contributed by atoms with Crippen LogP contribution >= 0.6 is 0 Å². The number of fused-ring (bicyclic) bond motifs is 2. The average molecular weight is 237 g/mol. The normalized spacial score (nSPS) is 35.6. The first-order valence-corrected chi connectivity index (χ1v) is 8.03. The molecular weight excluding hydrogens is 206 g/mol. The first-order chi connectivity index (χ1) is 8.24. The van der Waals surface area contributed by atoms with Crippen molar-refractivity contribution in [3.63, 3.8) is 0 Å². The van der Waals surface area contributed by atoms with E-state index in [2.05, 4.69) is 6.92 Å². The molecule has 3 atom stereocenters. The highest BCUT2D eigenvalue weighted by molar-refractivity contribution is 5.03. The number of hydrogen-bond donors (Lipinski definition) is 1. The van der Waals surface area contributed by atoms with Gasteiger partial charge in [-0.25, -0.2) is 0 Å². The van der Waals surface area contributed by atoms with Gasteiger partial charge in [-0.05, 0) is 37.5 Å². The quantitative estimate of drug-likeness (QED) is 0.611. The van der Waals surface area contributed by atoms with Crippen molar-refractivity contribution in [1.29, 1.82) is 0 Å². The first kappa shape index (κ1) is 13.4. The molecule has 2 aliphatic rings. The molecule has 2 fully saturated rings. The van der Waals surface area contributed by atoms with Crippen molar-refractivity contribution in [2.75, 3.05) is 0 Å². The Hall–Kier alpha value is -0.0400. The van der Waals surface area contributed by atoms with Crippen LogP contribution in [0.25, 0.3) is 0 Å². The van der Waals surface area contributed by atoms with Crippen molar-refractivity contribution >= 4 is 0 Å². The molecule has 3 unspecified atom stereocenters. The van der Waals surface area contributed by atoms with Gasteiger partial charge in [-0.15, -0.1) is 0 Å². The molecule has 0 saturated heterocycles. The zero-order valence-electron chi connectivity index (χ0n) is 11.7. The van der Waals surface area contributed by atoms with Crippen molar-refractivity contribution in [1.82, 2.24) is 0 Å². The summed E-state index contributed by atoms with van der Waals surface area (Å²) in [6, 6.07) is 0. The molecule has 100 valence electrons. The molecule has 2 bridgehead atoms. The molecule has 0 aromatic rings. The summed E-state index contributed by atoms with van der Waals surface area (Å²) >= 11 is 0. The van der Waals surface area contributed by atoms with Crippen LogP contribution in [0, 0.1) is 11.8 Å². The molecule has 2 saturated carbocycles. The highest BCUT2D eigenvalue weighted by atomic mass is 14.8. The van der Waals surface area contributed by atoms with Crippen molar-refractivity contribution < 1.29 is 0 Å². The molecule has 0 aromatic carbocycles. The lowest BCUT2D eigenvalue weighted by Gasteiger charge is -2.34. The maximum absolute atomic E-state index is 6.61. The van der Waals surface area contributed by atoms with Crippen LogP contribution in [-0.4, -0.2) is 5.54 Å². The van der Waals surface area contributed by atoms with Crippen molar-refractivity contribution in [2.24, 2.45) is 17.6 Å². The minimum Gasteiger partial charge on any atom is -0.325 e. The molecule has 0 spiro atoms. The summed E-state index contributed by atoms with van der Waals surface area (Å²) in [5.41, 5.74) is 6.86. The summed E-state index contributed by atoms with van der Waals surface area (Å²) < 4.78 is 0. The standard InChI is InChI=1S/C16H31N/c1-2-3-4-5-6-7-8-11-16(17)13-14-9-10-15(16)12-14/h14-15H,2-13,17H2,1H3. The lowest BCUT2D eigenvalue weighted by molar-refractivity contribution is 0.246. The fourth-order valence-electron chi connectivity index (χ4n) is 4.20. The van der Waals surface area contributed by atoms with E-state index in [0.717, 1.165) is 11.8 Å². The summed E-state index contributed by atoms with van der Waals surface area (Å²) in [7, 11) is 0. The second-order valence-corrected chi connectivity index (χ2v) is 6.68. The lowest BCUT2D eigenvalue weighted by atomic mass is 9.78. The third-order valence-corrected chi connectivity index (χ3v) is 5.27. The number of nitrogens with two attached hydrogens (primary N) is 1. The van der Waals surface area contributed by atoms with Crippen LogP contribution in [0.2, 0.25) is 0 Å². The van der Waals surface area contributed by atoms with Crippen LogP contribution in [0.3, 0.4) is 0 Å². The van der Waals surface area contributed by atoms with Crippen LogP contribution in [0.15, 0.2) is 0 Å². The SMILES string of the molecule is CCCCCCCCCC1(N)CC2CCC1C2. The molecule has 0 heterocycles. The highest BCUT2D eigenvalue weighted by Crippen LogP contribution is 2.51. The van der Waals surface area contributed by atoms with E-state index in [9.17, 15) is 0 Å². The minimum absolute atomic E-state index is 0.256. The van der Waals surface area contributed by atoms with Gasteiger partial charge in [0.05, 0.1) is 0 Å². The summed E-state index contributed by atoms with van der Waals surface area (Å²) in [4.78, 5) is 0. The predicted molar refractivity (Wildman–Crippen MR) is 75.0 cm³/mol. The van der Waals surface area contributed by atoms with Crippen molar-refractivity contribution in [3.8, 4) is 0 Å². The smallest absolute Gasteiger partial charge is 0.0185 e. The minimum atomic E-state index is 0.256. The van der Waals surface area contributed by atoms with Gasteiger partial charge in [-0.1, -0.05) is 58.3 Å². The Bertz CT molecular complexity index is 226.